The lowest BCUT2D eigenvalue weighted by Gasteiger charge is -2.44. The van der Waals surface area contributed by atoms with Crippen LogP contribution in [0.1, 0.15) is 101 Å². The van der Waals surface area contributed by atoms with E-state index in [1.165, 1.54) is 45.4 Å². The summed E-state index contributed by atoms with van der Waals surface area (Å²) in [4.78, 5) is 13.4. The first-order chi connectivity index (χ1) is 27.1. The second-order valence-electron chi connectivity index (χ2n) is 13.9. The monoisotopic (exact) mass is 754 g/mol. The van der Waals surface area contributed by atoms with Crippen LogP contribution in [-0.4, -0.2) is 23.6 Å². The Balaban J connectivity index is 0.000000660. The topological polar surface area (TPSA) is 82.8 Å². The highest BCUT2D eigenvalue weighted by Crippen LogP contribution is 2.37. The number of nitrogens with one attached hydrogen (secondary N) is 2. The van der Waals surface area contributed by atoms with Crippen LogP contribution in [0.15, 0.2) is 170 Å². The van der Waals surface area contributed by atoms with Crippen molar-refractivity contribution in [3.8, 4) is 0 Å². The Morgan fingerprint density at radius 1 is 0.911 bits per heavy atom. The maximum Gasteiger partial charge on any atom is 0.227 e. The molecule has 56 heavy (non-hydrogen) atoms. The van der Waals surface area contributed by atoms with Crippen molar-refractivity contribution in [2.24, 2.45) is 16.8 Å². The molecule has 1 atom stereocenters. The molecule has 1 aliphatic rings. The molecule has 0 spiro atoms. The summed E-state index contributed by atoms with van der Waals surface area (Å²) in [5.41, 5.74) is 19.9. The van der Waals surface area contributed by atoms with Crippen molar-refractivity contribution < 1.29 is 4.79 Å². The van der Waals surface area contributed by atoms with Crippen LogP contribution in [0.5, 0.6) is 0 Å². The van der Waals surface area contributed by atoms with Gasteiger partial charge in [-0.3, -0.25) is 4.79 Å². The van der Waals surface area contributed by atoms with Gasteiger partial charge in [-0.15, -0.1) is 0 Å². The summed E-state index contributed by atoms with van der Waals surface area (Å²) in [7, 11) is 0. The molecular weight excluding hydrogens is 687 g/mol. The first-order valence-electron chi connectivity index (χ1n) is 20.0. The van der Waals surface area contributed by atoms with Crippen LogP contribution >= 0.6 is 0 Å². The van der Waals surface area contributed by atoms with Crippen molar-refractivity contribution >= 4 is 17.8 Å². The third-order valence-corrected chi connectivity index (χ3v) is 9.96. The van der Waals surface area contributed by atoms with Crippen molar-refractivity contribution in [3.05, 3.63) is 187 Å². The quantitative estimate of drug-likeness (QED) is 0.0353. The predicted molar refractivity (Wildman–Crippen MR) is 243 cm³/mol. The minimum atomic E-state index is 0.0274. The number of hydrogen-bond donors (Lipinski definition) is 3. The zero-order valence-corrected chi connectivity index (χ0v) is 34.8. The molecule has 1 aliphatic heterocycles. The van der Waals surface area contributed by atoms with Gasteiger partial charge in [0.05, 0.1) is 5.71 Å². The standard InChI is InChI=1S/C37H44N4O.C11H18.C2H5N/c1-27-15-20-34(21-16-27)37(40-38-26-42)36(33-13-9-6-10-14-33)24-19-32-17-22-35(23-18-32)39-28(2)12-8-7-11-25-41-30(4)29(3)31(41)5;1-5-9-11(8-4)10(6-2)7-3;1-2-3/h6,9-10,13-18,20-23,26,29,36,39H,2,4-5,7-8,11-12,19,24-25H2,1,3H3,(H,38,42);5-6,9H,2,7-8H2,1,3-4H3;2H,1,3H2/b40-37-;9-5-,11-10+;. The fourth-order valence-electron chi connectivity index (χ4n) is 6.65. The van der Waals surface area contributed by atoms with E-state index in [1.807, 2.05) is 19.1 Å². The number of nitrogens with two attached hydrogens (primary N) is 1. The average Bonchev–Trinajstić information content (AvgIpc) is 3.22. The van der Waals surface area contributed by atoms with Crippen LogP contribution in [0.3, 0.4) is 0 Å². The molecule has 4 rings (SSSR count). The number of hydrogen-bond acceptors (Lipinski definition) is 5. The van der Waals surface area contributed by atoms with Gasteiger partial charge in [0.2, 0.25) is 6.41 Å². The average molecular weight is 754 g/mol. The molecular formula is C50H67N5O. The van der Waals surface area contributed by atoms with Crippen molar-refractivity contribution in [1.82, 2.24) is 10.3 Å². The van der Waals surface area contributed by atoms with E-state index < -0.39 is 0 Å². The van der Waals surface area contributed by atoms with Gasteiger partial charge < -0.3 is 16.0 Å². The van der Waals surface area contributed by atoms with E-state index in [2.05, 4.69) is 172 Å². The molecule has 6 heteroatoms. The van der Waals surface area contributed by atoms with Gasteiger partial charge in [0.1, 0.15) is 0 Å². The fourth-order valence-corrected chi connectivity index (χ4v) is 6.65. The van der Waals surface area contributed by atoms with Crippen LogP contribution < -0.4 is 16.5 Å². The highest BCUT2D eigenvalue weighted by molar-refractivity contribution is 6.05. The van der Waals surface area contributed by atoms with E-state index in [-0.39, 0.29) is 5.92 Å². The van der Waals surface area contributed by atoms with Crippen LogP contribution in [0.4, 0.5) is 5.69 Å². The van der Waals surface area contributed by atoms with Crippen LogP contribution in [0, 0.1) is 12.8 Å². The van der Waals surface area contributed by atoms with E-state index in [0.717, 1.165) is 80.6 Å². The SMILES string of the molecule is C=C(CCCCCN1C(=C)C(C)C1=C)Nc1ccc(CCC(/C(=N\NC=O)c2ccc(C)cc2)c2ccccc2)cc1.C=C/C(CC)=C(\C=C/C)CC.C=CN. The number of benzene rings is 3. The van der Waals surface area contributed by atoms with Crippen LogP contribution in [0.2, 0.25) is 0 Å². The summed E-state index contributed by atoms with van der Waals surface area (Å²) in [5.74, 6) is 0.459. The van der Waals surface area contributed by atoms with Gasteiger partial charge in [0.25, 0.3) is 0 Å². The summed E-state index contributed by atoms with van der Waals surface area (Å²) in [6.07, 6.45) is 16.3. The molecule has 0 bridgehead atoms. The molecule has 3 aromatic carbocycles. The smallest absolute Gasteiger partial charge is 0.227 e. The second kappa shape index (κ2) is 26.2. The third-order valence-electron chi connectivity index (χ3n) is 9.96. The maximum absolute atomic E-state index is 11.2. The molecule has 0 radical (unpaired) electrons. The first kappa shape index (κ1) is 46.5. The van der Waals surface area contributed by atoms with E-state index in [4.69, 9.17) is 0 Å². The normalized spacial score (nSPS) is 13.6. The number of carbonyl (C=O) groups excluding carboxylic acids is 1. The molecule has 0 aliphatic carbocycles. The second-order valence-corrected chi connectivity index (χ2v) is 13.9. The Bertz CT molecular complexity index is 1770. The molecule has 1 fully saturated rings. The third kappa shape index (κ3) is 15.3. The summed E-state index contributed by atoms with van der Waals surface area (Å²) in [5, 5.41) is 7.98. The molecule has 0 aromatic heterocycles. The van der Waals surface area contributed by atoms with Gasteiger partial charge in [0, 0.05) is 41.2 Å². The molecule has 1 unspecified atom stereocenters. The molecule has 3 aromatic rings. The highest BCUT2D eigenvalue weighted by atomic mass is 16.1. The van der Waals surface area contributed by atoms with Crippen molar-refractivity contribution in [3.63, 3.8) is 0 Å². The van der Waals surface area contributed by atoms with E-state index in [1.54, 1.807) is 0 Å². The van der Waals surface area contributed by atoms with Crippen molar-refractivity contribution in [1.29, 1.82) is 0 Å². The maximum atomic E-state index is 11.2. The summed E-state index contributed by atoms with van der Waals surface area (Å²) in [6.45, 7) is 31.1. The largest absolute Gasteiger partial charge is 0.405 e. The minimum absolute atomic E-state index is 0.0274. The Hall–Kier alpha value is -5.62. The van der Waals surface area contributed by atoms with Gasteiger partial charge >= 0.3 is 0 Å². The number of anilines is 1. The Labute approximate surface area is 339 Å². The van der Waals surface area contributed by atoms with Crippen molar-refractivity contribution in [2.75, 3.05) is 11.9 Å². The molecule has 1 heterocycles. The van der Waals surface area contributed by atoms with E-state index in [0.29, 0.717) is 12.3 Å². The number of likely N-dealkylation sites (tertiary alicyclic amines) is 1. The van der Waals surface area contributed by atoms with Crippen LogP contribution in [0.25, 0.3) is 0 Å². The van der Waals surface area contributed by atoms with Crippen LogP contribution in [-0.2, 0) is 11.2 Å². The number of allylic oxidation sites excluding steroid dienone is 6. The molecule has 298 valence electrons. The fraction of sp³-hybridized carbons (Fsp3) is 0.320. The summed E-state index contributed by atoms with van der Waals surface area (Å²) in [6, 6.07) is 27.3. The number of aryl methyl sites for hydroxylation is 2. The Morgan fingerprint density at radius 2 is 1.54 bits per heavy atom. The number of nitrogens with zero attached hydrogens (tertiary/aromatic N) is 2. The van der Waals surface area contributed by atoms with Gasteiger partial charge in [-0.1, -0.05) is 151 Å². The molecule has 4 N–H and O–H groups in total. The zero-order valence-electron chi connectivity index (χ0n) is 34.8. The number of unbranched alkanes of at least 4 members (excludes halogenated alkanes) is 2. The summed E-state index contributed by atoms with van der Waals surface area (Å²) >= 11 is 0. The van der Waals surface area contributed by atoms with Gasteiger partial charge in [-0.05, 0) is 105 Å². The minimum Gasteiger partial charge on any atom is -0.405 e. The zero-order chi connectivity index (χ0) is 41.3. The molecule has 6 nitrogen and oxygen atoms in total. The van der Waals surface area contributed by atoms with E-state index >= 15 is 0 Å². The molecule has 1 amide bonds. The first-order valence-corrected chi connectivity index (χ1v) is 20.0. The van der Waals surface area contributed by atoms with E-state index in [9.17, 15) is 4.79 Å². The van der Waals surface area contributed by atoms with Gasteiger partial charge in [0.15, 0.2) is 0 Å². The summed E-state index contributed by atoms with van der Waals surface area (Å²) < 4.78 is 0. The number of rotatable bonds is 20. The lowest BCUT2D eigenvalue weighted by molar-refractivity contribution is -0.109. The predicted octanol–water partition coefficient (Wildman–Crippen LogP) is 12.3. The molecule has 1 saturated heterocycles. The lowest BCUT2D eigenvalue weighted by Crippen LogP contribution is -2.39. The number of hydrazone groups is 1. The molecule has 0 saturated carbocycles. The number of amides is 1. The van der Waals surface area contributed by atoms with Crippen molar-refractivity contribution in [2.45, 2.75) is 91.9 Å². The highest BCUT2D eigenvalue weighted by Gasteiger charge is 2.30. The Morgan fingerprint density at radius 3 is 2.09 bits per heavy atom. The Kier molecular flexibility index (Phi) is 21.8. The number of carbonyl (C=O) groups is 1. The lowest BCUT2D eigenvalue weighted by atomic mass is 9.85. The van der Waals surface area contributed by atoms with Gasteiger partial charge in [-0.2, -0.15) is 5.10 Å². The van der Waals surface area contributed by atoms with Gasteiger partial charge in [-0.25, -0.2) is 5.43 Å².